The molecule has 0 aromatic carbocycles. The van der Waals surface area contributed by atoms with Crippen molar-refractivity contribution in [2.45, 2.75) is 26.4 Å². The zero-order valence-electron chi connectivity index (χ0n) is 7.50. The summed E-state index contributed by atoms with van der Waals surface area (Å²) in [4.78, 5) is 10.9. The molecule has 0 unspecified atom stereocenters. The molecule has 0 spiro atoms. The SMILES string of the molecule is CC(C)(C)OC(=O)N/C=C/[B]O. The summed E-state index contributed by atoms with van der Waals surface area (Å²) in [6, 6.07) is 0. The fraction of sp³-hybridized carbons (Fsp3) is 0.571. The predicted molar refractivity (Wildman–Crippen MR) is 46.5 cm³/mol. The number of carbonyl (C=O) groups is 1. The lowest BCUT2D eigenvalue weighted by molar-refractivity contribution is 0.0552. The Bertz CT molecular complexity index is 174. The van der Waals surface area contributed by atoms with E-state index in [9.17, 15) is 4.79 Å². The maximum Gasteiger partial charge on any atom is 0.411 e. The molecule has 0 atom stereocenters. The molecular formula is C7H13BNO3. The number of ether oxygens (including phenoxy) is 1. The first kappa shape index (κ1) is 11.0. The van der Waals surface area contributed by atoms with Crippen LogP contribution >= 0.6 is 0 Å². The highest BCUT2D eigenvalue weighted by Crippen LogP contribution is 2.05. The van der Waals surface area contributed by atoms with Crippen LogP contribution in [-0.4, -0.2) is 24.2 Å². The first-order valence-corrected chi connectivity index (χ1v) is 3.58. The Morgan fingerprint density at radius 3 is 2.58 bits per heavy atom. The molecule has 67 valence electrons. The zero-order chi connectivity index (χ0) is 9.61. The minimum absolute atomic E-state index is 0.499. The molecule has 1 radical (unpaired) electrons. The lowest BCUT2D eigenvalue weighted by Gasteiger charge is -2.18. The number of hydrogen-bond acceptors (Lipinski definition) is 3. The molecule has 4 nitrogen and oxygen atoms in total. The monoisotopic (exact) mass is 170 g/mol. The molecule has 0 bridgehead atoms. The molecule has 0 aliphatic heterocycles. The zero-order valence-corrected chi connectivity index (χ0v) is 7.50. The molecule has 0 aromatic heterocycles. The summed E-state index contributed by atoms with van der Waals surface area (Å²) in [5, 5.41) is 10.5. The number of carbonyl (C=O) groups excluding carboxylic acids is 1. The molecule has 1 amide bonds. The summed E-state index contributed by atoms with van der Waals surface area (Å²) < 4.78 is 4.89. The van der Waals surface area contributed by atoms with Crippen LogP contribution in [0.5, 0.6) is 0 Å². The molecule has 0 heterocycles. The number of nitrogens with one attached hydrogen (secondary N) is 1. The number of alkyl carbamates (subject to hydrolysis) is 1. The van der Waals surface area contributed by atoms with E-state index in [0.29, 0.717) is 0 Å². The van der Waals surface area contributed by atoms with Crippen molar-refractivity contribution in [3.63, 3.8) is 0 Å². The van der Waals surface area contributed by atoms with Gasteiger partial charge in [0.15, 0.2) is 0 Å². The highest BCUT2D eigenvalue weighted by molar-refractivity contribution is 6.32. The standard InChI is InChI=1S/C7H13BNO3/c1-7(2,3)12-6(10)9-5-4-8-11/h4-5,11H,1-3H3,(H,9,10)/b5-4+. The van der Waals surface area contributed by atoms with Gasteiger partial charge in [0.1, 0.15) is 5.60 Å². The summed E-state index contributed by atoms with van der Waals surface area (Å²) in [6.07, 6.45) is 0.745. The normalized spacial score (nSPS) is 11.3. The quantitative estimate of drug-likeness (QED) is 0.596. The Labute approximate surface area is 72.9 Å². The molecule has 12 heavy (non-hydrogen) atoms. The largest absolute Gasteiger partial charge is 0.450 e. The van der Waals surface area contributed by atoms with Crippen LogP contribution in [0.25, 0.3) is 0 Å². The molecule has 0 aromatic rings. The molecule has 2 N–H and O–H groups in total. The van der Waals surface area contributed by atoms with Crippen LogP contribution in [-0.2, 0) is 4.74 Å². The first-order chi connectivity index (χ1) is 5.45. The van der Waals surface area contributed by atoms with Crippen molar-refractivity contribution < 1.29 is 14.6 Å². The van der Waals surface area contributed by atoms with Gasteiger partial charge in [-0.1, -0.05) is 5.98 Å². The Hall–Kier alpha value is -0.965. The second-order valence-electron chi connectivity index (χ2n) is 3.15. The molecule has 0 saturated carbocycles. The van der Waals surface area contributed by atoms with Crippen molar-refractivity contribution in [2.75, 3.05) is 0 Å². The fourth-order valence-electron chi connectivity index (χ4n) is 0.467. The van der Waals surface area contributed by atoms with Gasteiger partial charge in [0.2, 0.25) is 0 Å². The van der Waals surface area contributed by atoms with E-state index in [1.54, 1.807) is 20.8 Å². The summed E-state index contributed by atoms with van der Waals surface area (Å²) in [7, 11) is 0.817. The number of amides is 1. The van der Waals surface area contributed by atoms with Gasteiger partial charge in [-0.2, -0.15) is 0 Å². The Morgan fingerprint density at radius 2 is 2.17 bits per heavy atom. The average molecular weight is 170 g/mol. The summed E-state index contributed by atoms with van der Waals surface area (Å²) in [6.45, 7) is 5.32. The summed E-state index contributed by atoms with van der Waals surface area (Å²) >= 11 is 0. The van der Waals surface area contributed by atoms with E-state index < -0.39 is 11.7 Å². The van der Waals surface area contributed by atoms with E-state index in [0.717, 1.165) is 7.48 Å². The predicted octanol–water partition coefficient (Wildman–Crippen LogP) is 0.594. The molecule has 0 saturated heterocycles. The van der Waals surface area contributed by atoms with E-state index in [4.69, 9.17) is 9.76 Å². The molecule has 0 aliphatic carbocycles. The second kappa shape index (κ2) is 4.82. The van der Waals surface area contributed by atoms with Crippen LogP contribution in [0.1, 0.15) is 20.8 Å². The minimum atomic E-state index is -0.541. The van der Waals surface area contributed by atoms with Crippen molar-refractivity contribution in [3.8, 4) is 0 Å². The molecule has 5 heteroatoms. The topological polar surface area (TPSA) is 58.6 Å². The summed E-state index contributed by atoms with van der Waals surface area (Å²) in [5.41, 5.74) is -0.499. The lowest BCUT2D eigenvalue weighted by Crippen LogP contribution is -2.29. The number of rotatable bonds is 2. The Morgan fingerprint density at radius 1 is 1.58 bits per heavy atom. The molecule has 0 aliphatic rings. The third-order valence-electron chi connectivity index (χ3n) is 0.782. The number of hydrogen-bond donors (Lipinski definition) is 2. The van der Waals surface area contributed by atoms with E-state index in [1.807, 2.05) is 0 Å². The van der Waals surface area contributed by atoms with Crippen molar-refractivity contribution in [2.24, 2.45) is 0 Å². The van der Waals surface area contributed by atoms with Crippen molar-refractivity contribution in [1.82, 2.24) is 5.32 Å². The third kappa shape index (κ3) is 7.15. The van der Waals surface area contributed by atoms with Crippen molar-refractivity contribution >= 4 is 13.6 Å². The van der Waals surface area contributed by atoms with Gasteiger partial charge in [0.25, 0.3) is 0 Å². The van der Waals surface area contributed by atoms with Crippen LogP contribution in [0.15, 0.2) is 12.2 Å². The van der Waals surface area contributed by atoms with Gasteiger partial charge in [-0.15, -0.1) is 0 Å². The highest BCUT2D eigenvalue weighted by atomic mass is 16.6. The van der Waals surface area contributed by atoms with Gasteiger partial charge < -0.3 is 9.76 Å². The van der Waals surface area contributed by atoms with E-state index in [1.165, 1.54) is 12.2 Å². The molecule has 0 fully saturated rings. The molecular weight excluding hydrogens is 157 g/mol. The average Bonchev–Trinajstić information content (AvgIpc) is 1.84. The fourth-order valence-corrected chi connectivity index (χ4v) is 0.467. The van der Waals surface area contributed by atoms with E-state index in [2.05, 4.69) is 5.32 Å². The highest BCUT2D eigenvalue weighted by Gasteiger charge is 2.14. The van der Waals surface area contributed by atoms with Gasteiger partial charge in [0, 0.05) is 0 Å². The van der Waals surface area contributed by atoms with Gasteiger partial charge in [-0.25, -0.2) is 4.79 Å². The Balaban J connectivity index is 3.68. The van der Waals surface area contributed by atoms with E-state index >= 15 is 0 Å². The summed E-state index contributed by atoms with van der Waals surface area (Å²) in [5.74, 6) is 1.28. The minimum Gasteiger partial charge on any atom is -0.450 e. The van der Waals surface area contributed by atoms with Gasteiger partial charge in [-0.3, -0.25) is 5.32 Å². The van der Waals surface area contributed by atoms with Crippen LogP contribution < -0.4 is 5.32 Å². The smallest absolute Gasteiger partial charge is 0.411 e. The van der Waals surface area contributed by atoms with Crippen molar-refractivity contribution in [3.05, 3.63) is 12.2 Å². The van der Waals surface area contributed by atoms with E-state index in [-0.39, 0.29) is 0 Å². The third-order valence-corrected chi connectivity index (χ3v) is 0.782. The van der Waals surface area contributed by atoms with Crippen LogP contribution in [0.4, 0.5) is 4.79 Å². The van der Waals surface area contributed by atoms with Crippen LogP contribution in [0, 0.1) is 0 Å². The van der Waals surface area contributed by atoms with Crippen molar-refractivity contribution in [1.29, 1.82) is 0 Å². The maximum absolute atomic E-state index is 10.9. The first-order valence-electron chi connectivity index (χ1n) is 3.58. The lowest BCUT2D eigenvalue weighted by atomic mass is 10.0. The molecule has 0 rings (SSSR count). The Kier molecular flexibility index (Phi) is 4.43. The van der Waals surface area contributed by atoms with Gasteiger partial charge in [0.05, 0.1) is 0 Å². The van der Waals surface area contributed by atoms with Gasteiger partial charge in [-0.05, 0) is 27.0 Å². The van der Waals surface area contributed by atoms with Gasteiger partial charge >= 0.3 is 13.6 Å². The van der Waals surface area contributed by atoms with Crippen LogP contribution in [0.3, 0.4) is 0 Å². The second-order valence-corrected chi connectivity index (χ2v) is 3.15. The van der Waals surface area contributed by atoms with Crippen LogP contribution in [0.2, 0.25) is 0 Å². The maximum atomic E-state index is 10.9.